The Morgan fingerprint density at radius 3 is 2.29 bits per heavy atom. The lowest BCUT2D eigenvalue weighted by molar-refractivity contribution is 0.188. The van der Waals surface area contributed by atoms with E-state index >= 15 is 0 Å². The Bertz CT molecular complexity index is 870. The quantitative estimate of drug-likeness (QED) is 0.852. The van der Waals surface area contributed by atoms with E-state index < -0.39 is 10.0 Å². The molecular weight excluding hydrogens is 324 g/mol. The van der Waals surface area contributed by atoms with Crippen molar-refractivity contribution in [2.75, 3.05) is 13.1 Å². The van der Waals surface area contributed by atoms with Crippen LogP contribution in [0.3, 0.4) is 0 Å². The van der Waals surface area contributed by atoms with Crippen molar-refractivity contribution in [1.82, 2.24) is 19.3 Å². The molecule has 4 rings (SSSR count). The van der Waals surface area contributed by atoms with Crippen LogP contribution in [0.4, 0.5) is 0 Å². The van der Waals surface area contributed by atoms with Crippen LogP contribution in [0.15, 0.2) is 23.2 Å². The molecule has 128 valence electrons. The lowest BCUT2D eigenvalue weighted by atomic mass is 10.1. The first kappa shape index (κ1) is 15.8. The average Bonchev–Trinajstić information content (AvgIpc) is 3.15. The second-order valence-electron chi connectivity index (χ2n) is 7.10. The Kier molecular flexibility index (Phi) is 3.54. The summed E-state index contributed by atoms with van der Waals surface area (Å²) in [6.07, 6.45) is 4.36. The molecule has 1 aliphatic heterocycles. The van der Waals surface area contributed by atoms with Gasteiger partial charge in [-0.2, -0.15) is 4.31 Å². The molecule has 2 aliphatic rings. The summed E-state index contributed by atoms with van der Waals surface area (Å²) in [6.45, 7) is 6.64. The summed E-state index contributed by atoms with van der Waals surface area (Å²) in [6, 6.07) is 3.94. The number of aromatic nitrogens is 3. The maximum Gasteiger partial charge on any atom is 0.243 e. The molecule has 0 spiro atoms. The average molecular weight is 346 g/mol. The van der Waals surface area contributed by atoms with Crippen molar-refractivity contribution in [3.8, 4) is 0 Å². The third-order valence-electron chi connectivity index (χ3n) is 4.93. The highest BCUT2D eigenvalue weighted by Gasteiger charge is 2.40. The minimum absolute atomic E-state index is 0.0887. The summed E-state index contributed by atoms with van der Waals surface area (Å²) in [4.78, 5) is 0.448. The van der Waals surface area contributed by atoms with E-state index in [-0.39, 0.29) is 6.04 Å². The fourth-order valence-electron chi connectivity index (χ4n) is 3.52. The molecule has 1 aliphatic carbocycles. The maximum atomic E-state index is 12.9. The molecule has 6 nitrogen and oxygen atoms in total. The van der Waals surface area contributed by atoms with Crippen LogP contribution >= 0.6 is 0 Å². The highest BCUT2D eigenvalue weighted by molar-refractivity contribution is 7.89. The van der Waals surface area contributed by atoms with Crippen molar-refractivity contribution in [2.45, 2.75) is 50.5 Å². The zero-order valence-corrected chi connectivity index (χ0v) is 15.0. The number of aryl methyl sites for hydroxylation is 3. The van der Waals surface area contributed by atoms with Gasteiger partial charge in [0.1, 0.15) is 0 Å². The highest BCUT2D eigenvalue weighted by atomic mass is 32.2. The Morgan fingerprint density at radius 2 is 1.71 bits per heavy atom. The summed E-state index contributed by atoms with van der Waals surface area (Å²) >= 11 is 0. The molecule has 2 fully saturated rings. The van der Waals surface area contributed by atoms with Gasteiger partial charge in [-0.1, -0.05) is 22.9 Å². The molecule has 7 heteroatoms. The smallest absolute Gasteiger partial charge is 0.243 e. The van der Waals surface area contributed by atoms with Crippen LogP contribution in [-0.2, 0) is 10.0 Å². The van der Waals surface area contributed by atoms with Gasteiger partial charge in [0.15, 0.2) is 0 Å². The van der Waals surface area contributed by atoms with Crippen LogP contribution in [0.2, 0.25) is 0 Å². The van der Waals surface area contributed by atoms with Gasteiger partial charge in [0, 0.05) is 25.2 Å². The minimum atomic E-state index is -3.45. The molecule has 24 heavy (non-hydrogen) atoms. The maximum absolute atomic E-state index is 12.9. The van der Waals surface area contributed by atoms with Gasteiger partial charge in [0.2, 0.25) is 10.0 Å². The Labute approximate surface area is 142 Å². The number of nitrogens with zero attached hydrogens (tertiary/aromatic N) is 4. The largest absolute Gasteiger partial charge is 0.247 e. The van der Waals surface area contributed by atoms with E-state index in [1.807, 2.05) is 43.8 Å². The Hall–Kier alpha value is -1.73. The van der Waals surface area contributed by atoms with Gasteiger partial charge in [-0.3, -0.25) is 0 Å². The van der Waals surface area contributed by atoms with Crippen LogP contribution in [0, 0.1) is 20.8 Å². The molecule has 2 aromatic rings. The molecule has 0 atom stereocenters. The van der Waals surface area contributed by atoms with Crippen LogP contribution in [0.5, 0.6) is 0 Å². The Balaban J connectivity index is 1.53. The second-order valence-corrected chi connectivity index (χ2v) is 8.98. The first-order valence-electron chi connectivity index (χ1n) is 8.36. The van der Waals surface area contributed by atoms with E-state index in [4.69, 9.17) is 0 Å². The van der Waals surface area contributed by atoms with E-state index in [1.165, 1.54) is 12.8 Å². The molecule has 1 saturated carbocycles. The normalized spacial score (nSPS) is 19.5. The molecule has 0 radical (unpaired) electrons. The van der Waals surface area contributed by atoms with Crippen molar-refractivity contribution in [3.05, 3.63) is 40.7 Å². The fourth-order valence-corrected chi connectivity index (χ4v) is 5.44. The van der Waals surface area contributed by atoms with Gasteiger partial charge in [-0.15, -0.1) is 5.10 Å². The topological polar surface area (TPSA) is 68.1 Å². The van der Waals surface area contributed by atoms with Crippen LogP contribution in [0.1, 0.15) is 47.2 Å². The molecule has 0 amide bonds. The molecule has 1 aromatic carbocycles. The number of benzene rings is 1. The third kappa shape index (κ3) is 2.56. The van der Waals surface area contributed by atoms with E-state index in [9.17, 15) is 8.42 Å². The molecule has 2 heterocycles. The van der Waals surface area contributed by atoms with Gasteiger partial charge in [-0.25, -0.2) is 13.1 Å². The van der Waals surface area contributed by atoms with Crippen LogP contribution < -0.4 is 0 Å². The number of hydrogen-bond donors (Lipinski definition) is 0. The highest BCUT2D eigenvalue weighted by Crippen LogP contribution is 2.39. The standard InChI is InChI=1S/C17H22N4O2S/c1-11-6-12(2)17(13(3)7-11)24(22,23)20-8-15(9-20)21-10-16(18-19-21)14-4-5-14/h6-7,10,14-15H,4-5,8-9H2,1-3H3. The molecule has 1 aromatic heterocycles. The van der Waals surface area contributed by atoms with E-state index in [1.54, 1.807) is 4.31 Å². The van der Waals surface area contributed by atoms with E-state index in [2.05, 4.69) is 10.3 Å². The Morgan fingerprint density at radius 1 is 1.08 bits per heavy atom. The summed E-state index contributed by atoms with van der Waals surface area (Å²) in [5, 5.41) is 8.39. The zero-order valence-electron chi connectivity index (χ0n) is 14.2. The third-order valence-corrected chi connectivity index (χ3v) is 7.07. The summed E-state index contributed by atoms with van der Waals surface area (Å²) in [7, 11) is -3.45. The lowest BCUT2D eigenvalue weighted by Gasteiger charge is -2.38. The van der Waals surface area contributed by atoms with Crippen molar-refractivity contribution < 1.29 is 8.42 Å². The summed E-state index contributed by atoms with van der Waals surface area (Å²) in [5.74, 6) is 0.566. The predicted molar refractivity (Wildman–Crippen MR) is 90.4 cm³/mol. The number of sulfonamides is 1. The molecule has 0 N–H and O–H groups in total. The van der Waals surface area contributed by atoms with Crippen LogP contribution in [0.25, 0.3) is 0 Å². The van der Waals surface area contributed by atoms with Crippen molar-refractivity contribution >= 4 is 10.0 Å². The molecule has 1 saturated heterocycles. The first-order valence-corrected chi connectivity index (χ1v) is 9.80. The van der Waals surface area contributed by atoms with Crippen molar-refractivity contribution in [1.29, 1.82) is 0 Å². The van der Waals surface area contributed by atoms with Gasteiger partial charge in [0.05, 0.1) is 16.6 Å². The SMILES string of the molecule is Cc1cc(C)c(S(=O)(=O)N2CC(n3cc(C4CC4)nn3)C2)c(C)c1. The molecule has 0 unspecified atom stereocenters. The second kappa shape index (κ2) is 5.39. The van der Waals surface area contributed by atoms with E-state index in [0.29, 0.717) is 23.9 Å². The predicted octanol–water partition coefficient (Wildman–Crippen LogP) is 2.33. The van der Waals surface area contributed by atoms with Crippen molar-refractivity contribution in [2.24, 2.45) is 0 Å². The summed E-state index contributed by atoms with van der Waals surface area (Å²) in [5.41, 5.74) is 3.75. The van der Waals surface area contributed by atoms with Gasteiger partial charge in [-0.05, 0) is 44.7 Å². The van der Waals surface area contributed by atoms with Crippen LogP contribution in [-0.4, -0.2) is 40.8 Å². The monoisotopic (exact) mass is 346 g/mol. The fraction of sp³-hybridized carbons (Fsp3) is 0.529. The first-order chi connectivity index (χ1) is 11.4. The lowest BCUT2D eigenvalue weighted by Crippen LogP contribution is -2.51. The minimum Gasteiger partial charge on any atom is -0.247 e. The summed E-state index contributed by atoms with van der Waals surface area (Å²) < 4.78 is 29.3. The molecular formula is C17H22N4O2S. The zero-order chi connectivity index (χ0) is 17.1. The molecule has 0 bridgehead atoms. The van der Waals surface area contributed by atoms with Crippen molar-refractivity contribution in [3.63, 3.8) is 0 Å². The number of hydrogen-bond acceptors (Lipinski definition) is 4. The van der Waals surface area contributed by atoms with Gasteiger partial charge < -0.3 is 0 Å². The number of rotatable bonds is 4. The van der Waals surface area contributed by atoms with Gasteiger partial charge >= 0.3 is 0 Å². The van der Waals surface area contributed by atoms with Gasteiger partial charge in [0.25, 0.3) is 0 Å². The van der Waals surface area contributed by atoms with E-state index in [0.717, 1.165) is 22.4 Å².